The Hall–Kier alpha value is -1.57. The Morgan fingerprint density at radius 2 is 2.18 bits per heavy atom. The molecular formula is C15H18N4OS2. The summed E-state index contributed by atoms with van der Waals surface area (Å²) < 4.78 is 14.6. The predicted octanol–water partition coefficient (Wildman–Crippen LogP) is 2.44. The van der Waals surface area contributed by atoms with Crippen molar-refractivity contribution in [1.29, 1.82) is 0 Å². The largest absolute Gasteiger partial charge is 0.308 e. The standard InChI is InChI=1S/C15H18N4OS2/c1-11-5-4-6-12(9-11)13-10-19-14(16-13)21-15(17-19)22(20)8-7-18(2)3/h4-6,9-10H,7-8H2,1-3H3. The Morgan fingerprint density at radius 1 is 1.36 bits per heavy atom. The second-order valence-electron chi connectivity index (χ2n) is 5.44. The molecule has 0 fully saturated rings. The predicted molar refractivity (Wildman–Crippen MR) is 90.9 cm³/mol. The first-order chi connectivity index (χ1) is 10.5. The van der Waals surface area contributed by atoms with Crippen molar-refractivity contribution in [3.8, 4) is 11.3 Å². The number of fused-ring (bicyclic) bond motifs is 1. The van der Waals surface area contributed by atoms with Gasteiger partial charge in [-0.15, -0.1) is 5.10 Å². The normalized spacial score (nSPS) is 13.1. The van der Waals surface area contributed by atoms with Crippen LogP contribution in [0.1, 0.15) is 5.56 Å². The van der Waals surface area contributed by atoms with E-state index in [2.05, 4.69) is 29.1 Å². The number of aromatic nitrogens is 3. The molecule has 0 saturated heterocycles. The Bertz CT molecular complexity index is 790. The molecule has 22 heavy (non-hydrogen) atoms. The summed E-state index contributed by atoms with van der Waals surface area (Å²) in [5, 5.41) is 4.41. The zero-order valence-corrected chi connectivity index (χ0v) is 14.4. The quantitative estimate of drug-likeness (QED) is 0.719. The van der Waals surface area contributed by atoms with Gasteiger partial charge in [0.1, 0.15) is 0 Å². The third kappa shape index (κ3) is 3.26. The van der Waals surface area contributed by atoms with Crippen LogP contribution in [0.15, 0.2) is 34.8 Å². The van der Waals surface area contributed by atoms with Crippen molar-refractivity contribution >= 4 is 27.1 Å². The van der Waals surface area contributed by atoms with E-state index < -0.39 is 10.8 Å². The van der Waals surface area contributed by atoms with E-state index in [0.29, 0.717) is 10.1 Å². The first-order valence-corrected chi connectivity index (χ1v) is 9.13. The average Bonchev–Trinajstić information content (AvgIpc) is 3.03. The summed E-state index contributed by atoms with van der Waals surface area (Å²) in [4.78, 5) is 7.40. The fourth-order valence-electron chi connectivity index (χ4n) is 2.07. The monoisotopic (exact) mass is 334 g/mol. The molecule has 1 atom stereocenters. The van der Waals surface area contributed by atoms with Crippen molar-refractivity contribution in [3.63, 3.8) is 0 Å². The molecule has 0 spiro atoms. The number of rotatable bonds is 5. The van der Waals surface area contributed by atoms with Gasteiger partial charge in [-0.1, -0.05) is 35.1 Å². The van der Waals surface area contributed by atoms with Crippen LogP contribution >= 0.6 is 11.3 Å². The highest BCUT2D eigenvalue weighted by atomic mass is 32.2. The molecule has 0 aliphatic carbocycles. The molecule has 2 heterocycles. The van der Waals surface area contributed by atoms with Crippen LogP contribution in [-0.2, 0) is 10.8 Å². The van der Waals surface area contributed by atoms with Gasteiger partial charge in [-0.3, -0.25) is 4.21 Å². The molecule has 0 bridgehead atoms. The van der Waals surface area contributed by atoms with E-state index in [9.17, 15) is 4.21 Å². The third-order valence-electron chi connectivity index (χ3n) is 3.26. The van der Waals surface area contributed by atoms with E-state index in [0.717, 1.165) is 22.8 Å². The third-order valence-corrected chi connectivity index (χ3v) is 5.81. The van der Waals surface area contributed by atoms with E-state index in [1.165, 1.54) is 16.9 Å². The first-order valence-electron chi connectivity index (χ1n) is 6.99. The van der Waals surface area contributed by atoms with E-state index in [1.54, 1.807) is 4.52 Å². The Balaban J connectivity index is 1.84. The first kappa shape index (κ1) is 15.3. The van der Waals surface area contributed by atoms with Gasteiger partial charge in [-0.2, -0.15) is 0 Å². The minimum atomic E-state index is -1.06. The summed E-state index contributed by atoms with van der Waals surface area (Å²) >= 11 is 1.40. The van der Waals surface area contributed by atoms with E-state index in [1.807, 2.05) is 37.3 Å². The smallest absolute Gasteiger partial charge is 0.213 e. The van der Waals surface area contributed by atoms with Crippen molar-refractivity contribution < 1.29 is 4.21 Å². The van der Waals surface area contributed by atoms with Crippen molar-refractivity contribution in [2.24, 2.45) is 0 Å². The maximum Gasteiger partial charge on any atom is 0.213 e. The van der Waals surface area contributed by atoms with Gasteiger partial charge in [0.05, 0.1) is 22.7 Å². The molecule has 3 rings (SSSR count). The van der Waals surface area contributed by atoms with Crippen LogP contribution in [0.4, 0.5) is 0 Å². The zero-order chi connectivity index (χ0) is 15.7. The summed E-state index contributed by atoms with van der Waals surface area (Å²) in [5.41, 5.74) is 3.17. The number of hydrogen-bond acceptors (Lipinski definition) is 5. The second-order valence-corrected chi connectivity index (χ2v) is 8.14. The number of imidazole rings is 1. The van der Waals surface area contributed by atoms with Crippen LogP contribution in [0.2, 0.25) is 0 Å². The molecule has 0 aliphatic heterocycles. The number of aryl methyl sites for hydroxylation is 1. The molecule has 3 aromatic rings. The van der Waals surface area contributed by atoms with Gasteiger partial charge in [-0.25, -0.2) is 9.50 Å². The molecule has 5 nitrogen and oxygen atoms in total. The van der Waals surface area contributed by atoms with Gasteiger partial charge in [0, 0.05) is 17.9 Å². The molecule has 116 valence electrons. The van der Waals surface area contributed by atoms with Crippen molar-refractivity contribution in [2.45, 2.75) is 11.3 Å². The lowest BCUT2D eigenvalue weighted by Gasteiger charge is -2.06. The SMILES string of the molecule is Cc1cccc(-c2cn3nc(S(=O)CCN(C)C)sc3n2)c1. The highest BCUT2D eigenvalue weighted by molar-refractivity contribution is 7.87. The Kier molecular flexibility index (Phi) is 4.37. The lowest BCUT2D eigenvalue weighted by Crippen LogP contribution is -2.19. The molecule has 2 aromatic heterocycles. The van der Waals surface area contributed by atoms with Crippen LogP contribution in [0, 0.1) is 6.92 Å². The van der Waals surface area contributed by atoms with Crippen molar-refractivity contribution in [2.75, 3.05) is 26.4 Å². The van der Waals surface area contributed by atoms with Crippen LogP contribution < -0.4 is 0 Å². The molecule has 1 unspecified atom stereocenters. The maximum absolute atomic E-state index is 12.2. The molecule has 1 aromatic carbocycles. The van der Waals surface area contributed by atoms with Crippen LogP contribution in [0.25, 0.3) is 16.2 Å². The molecule has 7 heteroatoms. The van der Waals surface area contributed by atoms with Gasteiger partial charge in [0.15, 0.2) is 0 Å². The summed E-state index contributed by atoms with van der Waals surface area (Å²) in [6, 6.07) is 8.22. The molecular weight excluding hydrogens is 316 g/mol. The van der Waals surface area contributed by atoms with Gasteiger partial charge >= 0.3 is 0 Å². The van der Waals surface area contributed by atoms with Gasteiger partial charge in [0.25, 0.3) is 0 Å². The minimum absolute atomic E-state index is 0.592. The highest BCUT2D eigenvalue weighted by Crippen LogP contribution is 2.24. The van der Waals surface area contributed by atoms with E-state index in [-0.39, 0.29) is 0 Å². The summed E-state index contributed by atoms with van der Waals surface area (Å²) in [7, 11) is 2.88. The lowest BCUT2D eigenvalue weighted by molar-refractivity contribution is 0.435. The fourth-order valence-corrected chi connectivity index (χ4v) is 4.42. The molecule has 0 N–H and O–H groups in total. The van der Waals surface area contributed by atoms with Gasteiger partial charge in [-0.05, 0) is 27.1 Å². The number of nitrogens with zero attached hydrogens (tertiary/aromatic N) is 4. The van der Waals surface area contributed by atoms with Gasteiger partial charge in [0.2, 0.25) is 9.30 Å². The second kappa shape index (κ2) is 6.28. The van der Waals surface area contributed by atoms with Crippen molar-refractivity contribution in [1.82, 2.24) is 19.5 Å². The van der Waals surface area contributed by atoms with Crippen LogP contribution in [0.3, 0.4) is 0 Å². The highest BCUT2D eigenvalue weighted by Gasteiger charge is 2.14. The van der Waals surface area contributed by atoms with E-state index in [4.69, 9.17) is 0 Å². The molecule has 0 aliphatic rings. The summed E-state index contributed by atoms with van der Waals surface area (Å²) in [6.07, 6.45) is 1.90. The molecule has 0 radical (unpaired) electrons. The summed E-state index contributed by atoms with van der Waals surface area (Å²) in [5.74, 6) is 0.592. The maximum atomic E-state index is 12.2. The lowest BCUT2D eigenvalue weighted by atomic mass is 10.1. The molecule has 0 saturated carbocycles. The zero-order valence-electron chi connectivity index (χ0n) is 12.8. The average molecular weight is 334 g/mol. The Morgan fingerprint density at radius 3 is 2.86 bits per heavy atom. The Labute approximate surface area is 136 Å². The summed E-state index contributed by atoms with van der Waals surface area (Å²) in [6.45, 7) is 2.84. The fraction of sp³-hybridized carbons (Fsp3) is 0.333. The van der Waals surface area contributed by atoms with Gasteiger partial charge < -0.3 is 4.90 Å². The van der Waals surface area contributed by atoms with Crippen molar-refractivity contribution in [3.05, 3.63) is 36.0 Å². The number of benzene rings is 1. The number of hydrogen-bond donors (Lipinski definition) is 0. The molecule has 0 amide bonds. The minimum Gasteiger partial charge on any atom is -0.308 e. The van der Waals surface area contributed by atoms with Crippen LogP contribution in [0.5, 0.6) is 0 Å². The topological polar surface area (TPSA) is 50.5 Å². The van der Waals surface area contributed by atoms with E-state index >= 15 is 0 Å². The van der Waals surface area contributed by atoms with Crippen LogP contribution in [-0.4, -0.2) is 50.1 Å².